The van der Waals surface area contributed by atoms with Gasteiger partial charge in [-0.05, 0) is 31.0 Å². The van der Waals surface area contributed by atoms with Gasteiger partial charge in [-0.25, -0.2) is 4.98 Å². The van der Waals surface area contributed by atoms with E-state index in [9.17, 15) is 0 Å². The number of benzene rings is 1. The van der Waals surface area contributed by atoms with Gasteiger partial charge in [-0.2, -0.15) is 5.10 Å². The summed E-state index contributed by atoms with van der Waals surface area (Å²) < 4.78 is 10.3. The molecule has 6 nitrogen and oxygen atoms in total. The maximum Gasteiger partial charge on any atom is 0.137 e. The molecule has 1 aliphatic rings. The van der Waals surface area contributed by atoms with Crippen LogP contribution in [0.15, 0.2) is 43.1 Å². The molecule has 6 heteroatoms. The Kier molecular flexibility index (Phi) is 4.21. The molecule has 0 spiro atoms. The Morgan fingerprint density at radius 3 is 2.83 bits per heavy atom. The van der Waals surface area contributed by atoms with Crippen molar-refractivity contribution in [3.8, 4) is 5.75 Å². The van der Waals surface area contributed by atoms with Crippen molar-refractivity contribution in [3.05, 3.63) is 43.1 Å². The number of piperidine rings is 1. The van der Waals surface area contributed by atoms with E-state index in [4.69, 9.17) is 4.74 Å². The number of aromatic nitrogens is 4. The Hall–Kier alpha value is -2.34. The molecule has 2 aromatic heterocycles. The van der Waals surface area contributed by atoms with Crippen LogP contribution in [-0.2, 0) is 13.6 Å². The zero-order valence-corrected chi connectivity index (χ0v) is 14.0. The van der Waals surface area contributed by atoms with Crippen LogP contribution >= 0.6 is 0 Å². The number of fused-ring (bicyclic) bond motifs is 1. The number of nitrogens with zero attached hydrogens (tertiary/aromatic N) is 5. The number of hydrogen-bond donors (Lipinski definition) is 0. The zero-order valence-electron chi connectivity index (χ0n) is 14.0. The molecule has 0 atom stereocenters. The van der Waals surface area contributed by atoms with Crippen LogP contribution in [0.3, 0.4) is 0 Å². The van der Waals surface area contributed by atoms with E-state index in [2.05, 4.69) is 57.1 Å². The molecule has 1 aromatic carbocycles. The van der Waals surface area contributed by atoms with Crippen molar-refractivity contribution in [2.24, 2.45) is 7.05 Å². The first kappa shape index (κ1) is 15.2. The minimum atomic E-state index is 0.304. The lowest BCUT2D eigenvalue weighted by Crippen LogP contribution is -2.39. The smallest absolute Gasteiger partial charge is 0.137 e. The lowest BCUT2D eigenvalue weighted by molar-refractivity contribution is 0.0991. The summed E-state index contributed by atoms with van der Waals surface area (Å²) in [7, 11) is 2.07. The molecule has 1 aliphatic heterocycles. The van der Waals surface area contributed by atoms with Gasteiger partial charge in [0.05, 0.1) is 12.1 Å². The molecular formula is C18H23N5O. The molecule has 0 unspecified atom stereocenters. The molecule has 3 aromatic rings. The maximum absolute atomic E-state index is 6.31. The van der Waals surface area contributed by atoms with Crippen LogP contribution in [0.4, 0.5) is 0 Å². The van der Waals surface area contributed by atoms with Gasteiger partial charge in [0, 0.05) is 38.3 Å². The molecule has 126 valence electrons. The van der Waals surface area contributed by atoms with Crippen molar-refractivity contribution < 1.29 is 4.74 Å². The molecule has 4 rings (SSSR count). The first-order chi connectivity index (χ1) is 11.8. The van der Waals surface area contributed by atoms with Gasteiger partial charge < -0.3 is 14.2 Å². The summed E-state index contributed by atoms with van der Waals surface area (Å²) in [6, 6.07) is 8.43. The number of ether oxygens (including phenoxy) is 1. The van der Waals surface area contributed by atoms with Crippen LogP contribution in [0.2, 0.25) is 0 Å². The average molecular weight is 325 g/mol. The van der Waals surface area contributed by atoms with Gasteiger partial charge in [-0.1, -0.05) is 6.07 Å². The molecule has 0 saturated carbocycles. The fourth-order valence-corrected chi connectivity index (χ4v) is 3.40. The largest absolute Gasteiger partial charge is 0.490 e. The lowest BCUT2D eigenvalue weighted by Gasteiger charge is -2.32. The predicted octanol–water partition coefficient (Wildman–Crippen LogP) is 2.31. The maximum atomic E-state index is 6.31. The molecule has 1 saturated heterocycles. The van der Waals surface area contributed by atoms with Crippen molar-refractivity contribution in [2.75, 3.05) is 19.6 Å². The lowest BCUT2D eigenvalue weighted by atomic mass is 10.1. The minimum Gasteiger partial charge on any atom is -0.490 e. The Morgan fingerprint density at radius 1 is 1.17 bits per heavy atom. The second kappa shape index (κ2) is 6.65. The standard InChI is InChI=1S/C18H23N5O/c1-21-8-7-16-17(21)3-2-4-18(16)24-15-5-9-22(10-6-15)11-12-23-14-19-13-20-23/h2-4,7-8,13-15H,5-6,9-12H2,1H3. The van der Waals surface area contributed by atoms with Gasteiger partial charge in [-0.15, -0.1) is 0 Å². The van der Waals surface area contributed by atoms with Crippen LogP contribution in [-0.4, -0.2) is 50.0 Å². The summed E-state index contributed by atoms with van der Waals surface area (Å²) in [6.45, 7) is 4.06. The Bertz CT molecular complexity index is 787. The Balaban J connectivity index is 1.32. The molecule has 1 fully saturated rings. The number of hydrogen-bond acceptors (Lipinski definition) is 4. The molecule has 3 heterocycles. The van der Waals surface area contributed by atoms with E-state index in [1.54, 1.807) is 12.7 Å². The highest BCUT2D eigenvalue weighted by molar-refractivity contribution is 5.86. The van der Waals surface area contributed by atoms with Crippen molar-refractivity contribution in [1.29, 1.82) is 0 Å². The number of aryl methyl sites for hydroxylation is 1. The molecule has 0 N–H and O–H groups in total. The third kappa shape index (κ3) is 3.14. The monoisotopic (exact) mass is 325 g/mol. The first-order valence-corrected chi connectivity index (χ1v) is 8.55. The van der Waals surface area contributed by atoms with E-state index in [1.807, 2.05) is 4.68 Å². The average Bonchev–Trinajstić information content (AvgIpc) is 3.25. The van der Waals surface area contributed by atoms with Crippen molar-refractivity contribution in [3.63, 3.8) is 0 Å². The van der Waals surface area contributed by atoms with Gasteiger partial charge in [0.1, 0.15) is 24.5 Å². The van der Waals surface area contributed by atoms with Gasteiger partial charge >= 0.3 is 0 Å². The minimum absolute atomic E-state index is 0.304. The molecule has 0 aliphatic carbocycles. The van der Waals surface area contributed by atoms with E-state index in [1.165, 1.54) is 10.9 Å². The normalized spacial score (nSPS) is 16.7. The van der Waals surface area contributed by atoms with Gasteiger partial charge in [0.15, 0.2) is 0 Å². The summed E-state index contributed by atoms with van der Waals surface area (Å²) in [4.78, 5) is 6.46. The van der Waals surface area contributed by atoms with Gasteiger partial charge in [0.25, 0.3) is 0 Å². The Labute approximate surface area is 141 Å². The van der Waals surface area contributed by atoms with E-state index >= 15 is 0 Å². The van der Waals surface area contributed by atoms with Gasteiger partial charge in [-0.3, -0.25) is 4.68 Å². The highest BCUT2D eigenvalue weighted by atomic mass is 16.5. The topological polar surface area (TPSA) is 48.1 Å². The molecule has 24 heavy (non-hydrogen) atoms. The fourth-order valence-electron chi connectivity index (χ4n) is 3.40. The van der Waals surface area contributed by atoms with E-state index in [0.717, 1.165) is 44.8 Å². The fraction of sp³-hybridized carbons (Fsp3) is 0.444. The van der Waals surface area contributed by atoms with E-state index in [-0.39, 0.29) is 0 Å². The second-order valence-corrected chi connectivity index (χ2v) is 6.43. The number of rotatable bonds is 5. The van der Waals surface area contributed by atoms with Gasteiger partial charge in [0.2, 0.25) is 0 Å². The molecule has 0 radical (unpaired) electrons. The summed E-state index contributed by atoms with van der Waals surface area (Å²) in [5.74, 6) is 1.01. The highest BCUT2D eigenvalue weighted by Gasteiger charge is 2.21. The summed E-state index contributed by atoms with van der Waals surface area (Å²) in [5, 5.41) is 5.36. The molecule has 0 bridgehead atoms. The number of likely N-dealkylation sites (tertiary alicyclic amines) is 1. The third-order valence-electron chi connectivity index (χ3n) is 4.83. The van der Waals surface area contributed by atoms with Crippen LogP contribution in [0.5, 0.6) is 5.75 Å². The quantitative estimate of drug-likeness (QED) is 0.722. The van der Waals surface area contributed by atoms with Crippen LogP contribution in [0.1, 0.15) is 12.8 Å². The Morgan fingerprint density at radius 2 is 2.04 bits per heavy atom. The molecular weight excluding hydrogens is 302 g/mol. The predicted molar refractivity (Wildman–Crippen MR) is 93.0 cm³/mol. The SMILES string of the molecule is Cn1ccc2c(OC3CCN(CCn4cncn4)CC3)cccc21. The van der Waals surface area contributed by atoms with E-state index < -0.39 is 0 Å². The van der Waals surface area contributed by atoms with Crippen LogP contribution in [0.25, 0.3) is 10.9 Å². The van der Waals surface area contributed by atoms with Crippen LogP contribution < -0.4 is 4.74 Å². The summed E-state index contributed by atoms with van der Waals surface area (Å²) in [6.07, 6.45) is 7.89. The highest BCUT2D eigenvalue weighted by Crippen LogP contribution is 2.28. The zero-order chi connectivity index (χ0) is 16.4. The summed E-state index contributed by atoms with van der Waals surface area (Å²) in [5.41, 5.74) is 1.22. The third-order valence-corrected chi connectivity index (χ3v) is 4.83. The van der Waals surface area contributed by atoms with Crippen LogP contribution in [0, 0.1) is 0 Å². The van der Waals surface area contributed by atoms with Crippen molar-refractivity contribution >= 4 is 10.9 Å². The molecule has 0 amide bonds. The first-order valence-electron chi connectivity index (χ1n) is 8.55. The van der Waals surface area contributed by atoms with E-state index in [0.29, 0.717) is 6.10 Å². The second-order valence-electron chi connectivity index (χ2n) is 6.43. The summed E-state index contributed by atoms with van der Waals surface area (Å²) >= 11 is 0. The van der Waals surface area contributed by atoms with Crippen molar-refractivity contribution in [2.45, 2.75) is 25.5 Å². The van der Waals surface area contributed by atoms with Crippen molar-refractivity contribution in [1.82, 2.24) is 24.2 Å².